The van der Waals surface area contributed by atoms with Crippen LogP contribution in [0, 0.1) is 5.92 Å². The van der Waals surface area contributed by atoms with Crippen molar-refractivity contribution in [2.45, 2.75) is 33.6 Å². The molecule has 29 heavy (non-hydrogen) atoms. The summed E-state index contributed by atoms with van der Waals surface area (Å²) >= 11 is 0. The highest BCUT2D eigenvalue weighted by Gasteiger charge is 2.08. The fourth-order valence-electron chi connectivity index (χ4n) is 2.57. The lowest BCUT2D eigenvalue weighted by molar-refractivity contribution is -0.114. The first-order chi connectivity index (χ1) is 14.0. The van der Waals surface area contributed by atoms with Crippen molar-refractivity contribution in [2.75, 3.05) is 30.3 Å². The zero-order chi connectivity index (χ0) is 21.1. The third kappa shape index (κ3) is 8.25. The van der Waals surface area contributed by atoms with E-state index in [1.165, 1.54) is 0 Å². The van der Waals surface area contributed by atoms with Crippen molar-refractivity contribution >= 4 is 23.2 Å². The third-order valence-corrected chi connectivity index (χ3v) is 4.20. The van der Waals surface area contributed by atoms with Gasteiger partial charge in [0.05, 0.1) is 13.2 Å². The molecular formula is C23H31N3O3. The molecule has 0 unspecified atom stereocenters. The highest BCUT2D eigenvalue weighted by Crippen LogP contribution is 2.18. The van der Waals surface area contributed by atoms with Gasteiger partial charge in [0.1, 0.15) is 5.75 Å². The van der Waals surface area contributed by atoms with E-state index in [1.807, 2.05) is 31.2 Å². The van der Waals surface area contributed by atoms with Crippen LogP contribution in [0.4, 0.5) is 11.4 Å². The quantitative estimate of drug-likeness (QED) is 0.528. The first-order valence-corrected chi connectivity index (χ1v) is 10.1. The molecule has 0 aliphatic carbocycles. The number of amides is 2. The van der Waals surface area contributed by atoms with Gasteiger partial charge >= 0.3 is 0 Å². The van der Waals surface area contributed by atoms with Gasteiger partial charge in [-0.25, -0.2) is 0 Å². The average molecular weight is 398 g/mol. The second-order valence-corrected chi connectivity index (χ2v) is 7.30. The van der Waals surface area contributed by atoms with Gasteiger partial charge in [0.2, 0.25) is 5.91 Å². The van der Waals surface area contributed by atoms with Gasteiger partial charge in [0.25, 0.3) is 5.91 Å². The molecule has 0 radical (unpaired) electrons. The molecule has 0 aliphatic rings. The SMILES string of the molecule is CCCNC(=O)c1cccc(NC(=O)CNc2cccc(OCCC(C)C)c2)c1. The smallest absolute Gasteiger partial charge is 0.251 e. The van der Waals surface area contributed by atoms with Gasteiger partial charge in [0, 0.05) is 29.5 Å². The summed E-state index contributed by atoms with van der Waals surface area (Å²) in [5.41, 5.74) is 1.93. The Kier molecular flexibility index (Phi) is 9.02. The summed E-state index contributed by atoms with van der Waals surface area (Å²) in [5.74, 6) is 1.04. The fraction of sp³-hybridized carbons (Fsp3) is 0.391. The van der Waals surface area contributed by atoms with Gasteiger partial charge in [-0.05, 0) is 49.1 Å². The minimum Gasteiger partial charge on any atom is -0.494 e. The monoisotopic (exact) mass is 397 g/mol. The summed E-state index contributed by atoms with van der Waals surface area (Å²) in [5, 5.41) is 8.74. The van der Waals surface area contributed by atoms with E-state index in [1.54, 1.807) is 24.3 Å². The summed E-state index contributed by atoms with van der Waals surface area (Å²) in [6, 6.07) is 14.5. The zero-order valence-corrected chi connectivity index (χ0v) is 17.5. The molecule has 6 nitrogen and oxygen atoms in total. The lowest BCUT2D eigenvalue weighted by Crippen LogP contribution is -2.24. The minimum absolute atomic E-state index is 0.113. The first kappa shape index (κ1) is 22.3. The van der Waals surface area contributed by atoms with E-state index in [0.29, 0.717) is 30.3 Å². The topological polar surface area (TPSA) is 79.5 Å². The van der Waals surface area contributed by atoms with E-state index in [2.05, 4.69) is 29.8 Å². The second-order valence-electron chi connectivity index (χ2n) is 7.30. The number of rotatable bonds is 11. The van der Waals surface area contributed by atoms with Crippen LogP contribution in [-0.4, -0.2) is 31.5 Å². The van der Waals surface area contributed by atoms with E-state index < -0.39 is 0 Å². The van der Waals surface area contributed by atoms with Gasteiger partial charge in [-0.15, -0.1) is 0 Å². The third-order valence-electron chi connectivity index (χ3n) is 4.20. The number of nitrogens with one attached hydrogen (secondary N) is 3. The van der Waals surface area contributed by atoms with Crippen LogP contribution in [0.1, 0.15) is 44.0 Å². The predicted octanol–water partition coefficient (Wildman–Crippen LogP) is 4.30. The minimum atomic E-state index is -0.192. The maximum atomic E-state index is 12.3. The van der Waals surface area contributed by atoms with E-state index in [-0.39, 0.29) is 18.4 Å². The van der Waals surface area contributed by atoms with Crippen LogP contribution in [0.25, 0.3) is 0 Å². The Morgan fingerprint density at radius 3 is 2.55 bits per heavy atom. The van der Waals surface area contributed by atoms with Crippen LogP contribution in [0.2, 0.25) is 0 Å². The van der Waals surface area contributed by atoms with Crippen LogP contribution < -0.4 is 20.7 Å². The maximum Gasteiger partial charge on any atom is 0.251 e. The van der Waals surface area contributed by atoms with Crippen LogP contribution in [0.15, 0.2) is 48.5 Å². The average Bonchev–Trinajstić information content (AvgIpc) is 2.71. The summed E-state index contributed by atoms with van der Waals surface area (Å²) in [7, 11) is 0. The van der Waals surface area contributed by atoms with Crippen molar-refractivity contribution in [2.24, 2.45) is 5.92 Å². The fourth-order valence-corrected chi connectivity index (χ4v) is 2.57. The van der Waals surface area contributed by atoms with Crippen molar-refractivity contribution < 1.29 is 14.3 Å². The molecule has 0 saturated heterocycles. The molecule has 0 bridgehead atoms. The highest BCUT2D eigenvalue weighted by molar-refractivity contribution is 5.98. The zero-order valence-electron chi connectivity index (χ0n) is 17.5. The molecule has 0 heterocycles. The Balaban J connectivity index is 1.85. The second kappa shape index (κ2) is 11.7. The van der Waals surface area contributed by atoms with Crippen molar-refractivity contribution in [1.82, 2.24) is 5.32 Å². The number of benzene rings is 2. The van der Waals surface area contributed by atoms with E-state index >= 15 is 0 Å². The molecule has 2 amide bonds. The molecule has 3 N–H and O–H groups in total. The summed E-state index contributed by atoms with van der Waals surface area (Å²) < 4.78 is 5.75. The molecule has 2 aromatic rings. The number of ether oxygens (including phenoxy) is 1. The molecule has 0 aromatic heterocycles. The molecule has 2 aromatic carbocycles. The van der Waals surface area contributed by atoms with Gasteiger partial charge in [-0.3, -0.25) is 9.59 Å². The predicted molar refractivity (Wildman–Crippen MR) is 118 cm³/mol. The molecule has 0 fully saturated rings. The van der Waals surface area contributed by atoms with Gasteiger partial charge in [0.15, 0.2) is 0 Å². The molecule has 6 heteroatoms. The van der Waals surface area contributed by atoms with Gasteiger partial charge in [-0.1, -0.05) is 32.9 Å². The molecule has 0 spiro atoms. The van der Waals surface area contributed by atoms with Crippen LogP contribution in [0.3, 0.4) is 0 Å². The molecule has 156 valence electrons. The summed E-state index contributed by atoms with van der Waals surface area (Å²) in [6.07, 6.45) is 1.87. The highest BCUT2D eigenvalue weighted by atomic mass is 16.5. The van der Waals surface area contributed by atoms with E-state index in [4.69, 9.17) is 4.74 Å². The van der Waals surface area contributed by atoms with Crippen LogP contribution in [-0.2, 0) is 4.79 Å². The summed E-state index contributed by atoms with van der Waals surface area (Å²) in [4.78, 5) is 24.3. The van der Waals surface area contributed by atoms with E-state index in [0.717, 1.165) is 24.3 Å². The Bertz CT molecular complexity index is 805. The normalized spacial score (nSPS) is 10.5. The lowest BCUT2D eigenvalue weighted by atomic mass is 10.1. The number of carbonyl (C=O) groups is 2. The van der Waals surface area contributed by atoms with Gasteiger partial charge < -0.3 is 20.7 Å². The maximum absolute atomic E-state index is 12.3. The number of carbonyl (C=O) groups excluding carboxylic acids is 2. The van der Waals surface area contributed by atoms with Crippen molar-refractivity contribution in [3.05, 3.63) is 54.1 Å². The lowest BCUT2D eigenvalue weighted by Gasteiger charge is -2.11. The molecular weight excluding hydrogens is 366 g/mol. The standard InChI is InChI=1S/C23H31N3O3/c1-4-12-24-23(28)18-7-5-9-20(14-18)26-22(27)16-25-19-8-6-10-21(15-19)29-13-11-17(2)3/h5-10,14-15,17,25H,4,11-13,16H2,1-3H3,(H,24,28)(H,26,27). The Hall–Kier alpha value is -3.02. The molecule has 0 atom stereocenters. The Morgan fingerprint density at radius 1 is 1.03 bits per heavy atom. The molecule has 0 saturated carbocycles. The molecule has 2 rings (SSSR count). The number of hydrogen-bond acceptors (Lipinski definition) is 4. The Morgan fingerprint density at radius 2 is 1.79 bits per heavy atom. The summed E-state index contributed by atoms with van der Waals surface area (Å²) in [6.45, 7) is 7.73. The number of anilines is 2. The van der Waals surface area contributed by atoms with E-state index in [9.17, 15) is 9.59 Å². The van der Waals surface area contributed by atoms with Gasteiger partial charge in [-0.2, -0.15) is 0 Å². The molecule has 0 aliphatic heterocycles. The van der Waals surface area contributed by atoms with Crippen LogP contribution in [0.5, 0.6) is 5.75 Å². The van der Waals surface area contributed by atoms with Crippen LogP contribution >= 0.6 is 0 Å². The van der Waals surface area contributed by atoms with Crippen molar-refractivity contribution in [1.29, 1.82) is 0 Å². The first-order valence-electron chi connectivity index (χ1n) is 10.1. The number of hydrogen-bond donors (Lipinski definition) is 3. The Labute approximate surface area is 173 Å². The van der Waals surface area contributed by atoms with Crippen molar-refractivity contribution in [3.63, 3.8) is 0 Å². The largest absolute Gasteiger partial charge is 0.494 e. The van der Waals surface area contributed by atoms with Crippen molar-refractivity contribution in [3.8, 4) is 5.75 Å².